The lowest BCUT2D eigenvalue weighted by molar-refractivity contribution is 0.824. The highest BCUT2D eigenvalue weighted by molar-refractivity contribution is 6.30. The summed E-state index contributed by atoms with van der Waals surface area (Å²) in [5.41, 5.74) is 1.57. The summed E-state index contributed by atoms with van der Waals surface area (Å²) in [5, 5.41) is 10.3. The Labute approximate surface area is 180 Å². The van der Waals surface area contributed by atoms with E-state index in [1.54, 1.807) is 33.6 Å². The van der Waals surface area contributed by atoms with Crippen LogP contribution in [0.4, 0.5) is 0 Å². The predicted molar refractivity (Wildman–Crippen MR) is 111 cm³/mol. The average molecular weight is 454 g/mol. The van der Waals surface area contributed by atoms with E-state index in [1.807, 2.05) is 24.3 Å². The monoisotopic (exact) mass is 452 g/mol. The molecule has 0 aliphatic rings. The maximum atomic E-state index is 6.06. The molecule has 0 fully saturated rings. The second-order valence-corrected chi connectivity index (χ2v) is 7.15. The number of aromatic nitrogens is 6. The Kier molecular flexibility index (Phi) is 5.55. The van der Waals surface area contributed by atoms with Crippen molar-refractivity contribution in [2.75, 3.05) is 0 Å². The van der Waals surface area contributed by atoms with Crippen molar-refractivity contribution in [3.05, 3.63) is 70.2 Å². The highest BCUT2D eigenvalue weighted by Gasteiger charge is 2.19. The molecule has 142 valence electrons. The van der Waals surface area contributed by atoms with Gasteiger partial charge in [-0.1, -0.05) is 23.2 Å². The molecule has 0 amide bonds. The molecule has 6 nitrogen and oxygen atoms in total. The van der Waals surface area contributed by atoms with Gasteiger partial charge in [-0.05, 0) is 48.5 Å². The van der Waals surface area contributed by atoms with E-state index >= 15 is 0 Å². The van der Waals surface area contributed by atoms with Crippen LogP contribution in [0.25, 0.3) is 23.0 Å². The predicted octanol–water partition coefficient (Wildman–Crippen LogP) is 5.30. The second-order valence-electron chi connectivity index (χ2n) is 5.75. The summed E-state index contributed by atoms with van der Waals surface area (Å²) in [5.74, 6) is 2.18. The zero-order chi connectivity index (χ0) is 19.7. The van der Waals surface area contributed by atoms with Crippen LogP contribution < -0.4 is 0 Å². The highest BCUT2D eigenvalue weighted by atomic mass is 35.5. The van der Waals surface area contributed by atoms with E-state index < -0.39 is 0 Å². The number of rotatable bonds is 5. The summed E-state index contributed by atoms with van der Waals surface area (Å²) in [4.78, 5) is 8.96. The molecule has 0 aliphatic heterocycles. The van der Waals surface area contributed by atoms with Crippen LogP contribution in [0.5, 0.6) is 0 Å². The molecule has 0 saturated heterocycles. The summed E-state index contributed by atoms with van der Waals surface area (Å²) < 4.78 is 3.28. The third-order valence-corrected chi connectivity index (χ3v) is 4.91. The van der Waals surface area contributed by atoms with Crippen LogP contribution in [0, 0.1) is 0 Å². The highest BCUT2D eigenvalue weighted by Crippen LogP contribution is 2.21. The van der Waals surface area contributed by atoms with Crippen molar-refractivity contribution in [2.45, 2.75) is 11.8 Å². The SMILES string of the molecule is ClCc1nc(-c2nc(CCl)n(-c3ccc(Cl)cc3)n2)nn1-c1ccc(Cl)cc1. The van der Waals surface area contributed by atoms with Gasteiger partial charge in [0.05, 0.1) is 23.1 Å². The molecular formula is C18H12Cl4N6. The van der Waals surface area contributed by atoms with Gasteiger partial charge < -0.3 is 0 Å². The zero-order valence-corrected chi connectivity index (χ0v) is 17.3. The third kappa shape index (κ3) is 3.73. The Morgan fingerprint density at radius 1 is 0.607 bits per heavy atom. The molecule has 28 heavy (non-hydrogen) atoms. The lowest BCUT2D eigenvalue weighted by Gasteiger charge is -2.03. The lowest BCUT2D eigenvalue weighted by atomic mass is 10.3. The number of benzene rings is 2. The van der Waals surface area contributed by atoms with Gasteiger partial charge in [-0.2, -0.15) is 0 Å². The molecule has 2 heterocycles. The van der Waals surface area contributed by atoms with Crippen molar-refractivity contribution in [1.29, 1.82) is 0 Å². The molecule has 2 aromatic heterocycles. The van der Waals surface area contributed by atoms with Crippen LogP contribution >= 0.6 is 46.4 Å². The van der Waals surface area contributed by atoms with Crippen molar-refractivity contribution < 1.29 is 0 Å². The van der Waals surface area contributed by atoms with Crippen molar-refractivity contribution in [2.24, 2.45) is 0 Å². The number of hydrogen-bond acceptors (Lipinski definition) is 4. The Balaban J connectivity index is 1.77. The first-order chi connectivity index (χ1) is 13.6. The van der Waals surface area contributed by atoms with Gasteiger partial charge >= 0.3 is 0 Å². The van der Waals surface area contributed by atoms with Crippen molar-refractivity contribution in [1.82, 2.24) is 29.5 Å². The maximum absolute atomic E-state index is 6.06. The summed E-state index contributed by atoms with van der Waals surface area (Å²) >= 11 is 24.0. The molecule has 2 aromatic carbocycles. The normalized spacial score (nSPS) is 11.1. The minimum Gasteiger partial charge on any atom is -0.216 e. The molecular weight excluding hydrogens is 442 g/mol. The summed E-state index contributed by atoms with van der Waals surface area (Å²) in [6, 6.07) is 14.4. The number of nitrogens with zero attached hydrogens (tertiary/aromatic N) is 6. The van der Waals surface area contributed by atoms with E-state index in [4.69, 9.17) is 46.4 Å². The molecule has 0 unspecified atom stereocenters. The molecule has 4 rings (SSSR count). The van der Waals surface area contributed by atoms with Gasteiger partial charge in [0, 0.05) is 10.0 Å². The van der Waals surface area contributed by atoms with E-state index in [0.717, 1.165) is 11.4 Å². The topological polar surface area (TPSA) is 61.4 Å². The lowest BCUT2D eigenvalue weighted by Crippen LogP contribution is -2.01. The molecule has 0 radical (unpaired) electrons. The smallest absolute Gasteiger partial charge is 0.216 e. The minimum absolute atomic E-state index is 0.176. The molecule has 4 aromatic rings. The van der Waals surface area contributed by atoms with Gasteiger partial charge in [0.1, 0.15) is 11.6 Å². The Hall–Kier alpha value is -2.12. The Bertz CT molecular complexity index is 1010. The molecule has 0 saturated carbocycles. The molecule has 0 N–H and O–H groups in total. The van der Waals surface area contributed by atoms with E-state index in [2.05, 4.69) is 20.2 Å². The van der Waals surface area contributed by atoms with Crippen LogP contribution in [0.2, 0.25) is 10.0 Å². The second kappa shape index (κ2) is 8.09. The molecule has 0 aliphatic carbocycles. The largest absolute Gasteiger partial charge is 0.221 e. The third-order valence-electron chi connectivity index (χ3n) is 3.93. The van der Waals surface area contributed by atoms with E-state index in [0.29, 0.717) is 33.3 Å². The van der Waals surface area contributed by atoms with Gasteiger partial charge in [0.25, 0.3) is 0 Å². The van der Waals surface area contributed by atoms with Gasteiger partial charge in [-0.25, -0.2) is 19.3 Å². The zero-order valence-electron chi connectivity index (χ0n) is 14.2. The van der Waals surface area contributed by atoms with Gasteiger partial charge in [0.2, 0.25) is 11.6 Å². The van der Waals surface area contributed by atoms with Crippen molar-refractivity contribution in [3.63, 3.8) is 0 Å². The van der Waals surface area contributed by atoms with Crippen molar-refractivity contribution >= 4 is 46.4 Å². The van der Waals surface area contributed by atoms with E-state index in [9.17, 15) is 0 Å². The molecule has 10 heteroatoms. The first-order valence-corrected chi connectivity index (χ1v) is 9.97. The fourth-order valence-corrected chi connectivity index (χ4v) is 3.23. The van der Waals surface area contributed by atoms with Crippen LogP contribution in [-0.2, 0) is 11.8 Å². The first kappa shape index (κ1) is 19.2. The van der Waals surface area contributed by atoms with E-state index in [1.165, 1.54) is 0 Å². The van der Waals surface area contributed by atoms with E-state index in [-0.39, 0.29) is 11.8 Å². The number of alkyl halides is 2. The molecule has 0 spiro atoms. The standard InChI is InChI=1S/C18H12Cl4N6/c19-9-15-23-17(25-27(15)13-5-1-11(21)2-6-13)18-24-16(10-20)28(26-18)14-7-3-12(22)4-8-14/h1-8H,9-10H2. The molecule has 0 atom stereocenters. The van der Waals surface area contributed by atoms with Crippen LogP contribution in [0.3, 0.4) is 0 Å². The maximum Gasteiger partial charge on any atom is 0.221 e. The Morgan fingerprint density at radius 2 is 0.964 bits per heavy atom. The van der Waals surface area contributed by atoms with Crippen LogP contribution in [0.1, 0.15) is 11.6 Å². The average Bonchev–Trinajstić information content (AvgIpc) is 3.33. The summed E-state index contributed by atoms with van der Waals surface area (Å²) in [7, 11) is 0. The van der Waals surface area contributed by atoms with Gasteiger partial charge in [-0.3, -0.25) is 0 Å². The minimum atomic E-state index is 0.176. The molecule has 0 bridgehead atoms. The first-order valence-electron chi connectivity index (χ1n) is 8.15. The van der Waals surface area contributed by atoms with Crippen molar-refractivity contribution in [3.8, 4) is 23.0 Å². The van der Waals surface area contributed by atoms with Gasteiger partial charge in [-0.15, -0.1) is 33.4 Å². The quantitative estimate of drug-likeness (QED) is 0.384. The van der Waals surface area contributed by atoms with Crippen LogP contribution in [-0.4, -0.2) is 29.5 Å². The number of halogens is 4. The fraction of sp³-hybridized carbons (Fsp3) is 0.111. The number of hydrogen-bond donors (Lipinski definition) is 0. The summed E-state index contributed by atoms with van der Waals surface area (Å²) in [6.45, 7) is 0. The van der Waals surface area contributed by atoms with Crippen LogP contribution in [0.15, 0.2) is 48.5 Å². The van der Waals surface area contributed by atoms with Gasteiger partial charge in [0.15, 0.2) is 0 Å². The fourth-order valence-electron chi connectivity index (χ4n) is 2.63. The summed E-state index contributed by atoms with van der Waals surface area (Å²) in [6.07, 6.45) is 0. The Morgan fingerprint density at radius 3 is 1.29 bits per heavy atom.